The summed E-state index contributed by atoms with van der Waals surface area (Å²) in [6.07, 6.45) is 1.76. The molecule has 2 aromatic heterocycles. The van der Waals surface area contributed by atoms with Crippen molar-refractivity contribution in [2.75, 3.05) is 13.2 Å². The minimum atomic E-state index is -0.291. The van der Waals surface area contributed by atoms with Crippen LogP contribution in [0.5, 0.6) is 11.6 Å². The van der Waals surface area contributed by atoms with E-state index < -0.39 is 0 Å². The van der Waals surface area contributed by atoms with Gasteiger partial charge in [0.05, 0.1) is 11.9 Å². The van der Waals surface area contributed by atoms with Gasteiger partial charge in [0.1, 0.15) is 24.8 Å². The average molecular weight is 378 g/mol. The fraction of sp³-hybridized carbons (Fsp3) is 0.143. The van der Waals surface area contributed by atoms with Gasteiger partial charge in [0.2, 0.25) is 5.88 Å². The summed E-state index contributed by atoms with van der Waals surface area (Å²) < 4.78 is 26.2. The minimum absolute atomic E-state index is 0.230. The molecule has 0 saturated carbocycles. The molecule has 2 heterocycles. The first-order valence-electron chi connectivity index (χ1n) is 8.88. The zero-order valence-electron chi connectivity index (χ0n) is 15.1. The van der Waals surface area contributed by atoms with Crippen molar-refractivity contribution >= 4 is 5.65 Å². The predicted octanol–water partition coefficient (Wildman–Crippen LogP) is 3.45. The van der Waals surface area contributed by atoms with E-state index in [1.807, 2.05) is 30.3 Å². The number of ether oxygens (including phenoxy) is 2. The molecule has 0 bridgehead atoms. The number of rotatable bonds is 7. The third kappa shape index (κ3) is 3.94. The van der Waals surface area contributed by atoms with Crippen LogP contribution in [0.1, 0.15) is 5.56 Å². The zero-order valence-corrected chi connectivity index (χ0v) is 15.1. The van der Waals surface area contributed by atoms with Crippen LogP contribution in [0.4, 0.5) is 4.39 Å². The molecule has 0 unspecified atom stereocenters. The van der Waals surface area contributed by atoms with E-state index in [-0.39, 0.29) is 12.4 Å². The highest BCUT2D eigenvalue weighted by Gasteiger charge is 2.09. The maximum atomic E-state index is 13.3. The second kappa shape index (κ2) is 8.06. The number of aromatic nitrogens is 3. The van der Waals surface area contributed by atoms with Crippen LogP contribution in [0.15, 0.2) is 66.9 Å². The van der Waals surface area contributed by atoms with E-state index in [4.69, 9.17) is 15.2 Å². The summed E-state index contributed by atoms with van der Waals surface area (Å²) in [4.78, 5) is 4.39. The van der Waals surface area contributed by atoms with Gasteiger partial charge < -0.3 is 15.2 Å². The lowest BCUT2D eigenvalue weighted by atomic mass is 10.1. The van der Waals surface area contributed by atoms with Gasteiger partial charge in [-0.05, 0) is 48.0 Å². The lowest BCUT2D eigenvalue weighted by Gasteiger charge is -2.08. The van der Waals surface area contributed by atoms with Crippen molar-refractivity contribution in [2.24, 2.45) is 5.73 Å². The Bertz CT molecular complexity index is 1080. The van der Waals surface area contributed by atoms with E-state index in [1.165, 1.54) is 12.1 Å². The van der Waals surface area contributed by atoms with Gasteiger partial charge >= 0.3 is 0 Å². The molecule has 0 saturated heterocycles. The Morgan fingerprint density at radius 2 is 1.86 bits per heavy atom. The summed E-state index contributed by atoms with van der Waals surface area (Å²) in [6, 6.07) is 17.5. The summed E-state index contributed by atoms with van der Waals surface area (Å²) >= 11 is 0. The molecule has 4 aromatic rings. The molecule has 0 fully saturated rings. The lowest BCUT2D eigenvalue weighted by molar-refractivity contribution is 0.288. The number of nitrogens with two attached hydrogens (primary N) is 1. The van der Waals surface area contributed by atoms with Crippen LogP contribution < -0.4 is 15.2 Å². The van der Waals surface area contributed by atoms with Crippen molar-refractivity contribution in [3.8, 4) is 22.9 Å². The van der Waals surface area contributed by atoms with Gasteiger partial charge in [-0.2, -0.15) is 0 Å². The number of fused-ring (bicyclic) bond motifs is 1. The molecule has 6 nitrogen and oxygen atoms in total. The molecule has 0 radical (unpaired) electrons. The summed E-state index contributed by atoms with van der Waals surface area (Å²) in [6.45, 7) is 1.17. The van der Waals surface area contributed by atoms with Gasteiger partial charge in [-0.25, -0.2) is 13.9 Å². The maximum Gasteiger partial charge on any atom is 0.232 e. The van der Waals surface area contributed by atoms with E-state index >= 15 is 0 Å². The molecule has 28 heavy (non-hydrogen) atoms. The second-order valence-electron chi connectivity index (χ2n) is 6.17. The fourth-order valence-electron chi connectivity index (χ4n) is 2.81. The van der Waals surface area contributed by atoms with Gasteiger partial charge in [0, 0.05) is 18.2 Å². The molecule has 0 aliphatic rings. The molecule has 2 N–H and O–H groups in total. The third-order valence-electron chi connectivity index (χ3n) is 4.15. The van der Waals surface area contributed by atoms with Crippen LogP contribution in [-0.2, 0) is 6.61 Å². The second-order valence-corrected chi connectivity index (χ2v) is 6.17. The van der Waals surface area contributed by atoms with Gasteiger partial charge in [-0.1, -0.05) is 12.1 Å². The van der Waals surface area contributed by atoms with Crippen LogP contribution in [0.2, 0.25) is 0 Å². The molecule has 0 amide bonds. The van der Waals surface area contributed by atoms with Crippen molar-refractivity contribution < 1.29 is 13.9 Å². The van der Waals surface area contributed by atoms with Crippen LogP contribution in [0.25, 0.3) is 16.9 Å². The van der Waals surface area contributed by atoms with Crippen LogP contribution >= 0.6 is 0 Å². The number of halogens is 1. The van der Waals surface area contributed by atoms with Crippen molar-refractivity contribution in [2.45, 2.75) is 6.61 Å². The predicted molar refractivity (Wildman–Crippen MR) is 104 cm³/mol. The Balaban J connectivity index is 1.56. The van der Waals surface area contributed by atoms with Crippen LogP contribution in [-0.4, -0.2) is 27.7 Å². The fourth-order valence-corrected chi connectivity index (χ4v) is 2.81. The number of hydrogen-bond donors (Lipinski definition) is 1. The first kappa shape index (κ1) is 17.9. The molecule has 0 atom stereocenters. The molecular weight excluding hydrogens is 359 g/mol. The quantitative estimate of drug-likeness (QED) is 0.533. The number of hydrogen-bond acceptors (Lipinski definition) is 5. The van der Waals surface area contributed by atoms with E-state index in [2.05, 4.69) is 10.1 Å². The van der Waals surface area contributed by atoms with Crippen molar-refractivity contribution in [1.82, 2.24) is 14.6 Å². The molecule has 4 rings (SSSR count). The van der Waals surface area contributed by atoms with Gasteiger partial charge in [-0.3, -0.25) is 0 Å². The Hall–Kier alpha value is -3.45. The molecule has 0 aliphatic carbocycles. The topological polar surface area (TPSA) is 74.7 Å². The first-order chi connectivity index (χ1) is 13.7. The van der Waals surface area contributed by atoms with Crippen LogP contribution in [0, 0.1) is 5.82 Å². The van der Waals surface area contributed by atoms with Gasteiger partial charge in [0.15, 0.2) is 5.65 Å². The number of benzene rings is 2. The SMILES string of the molecule is NCCOc1ccc(-c2cnc3ccc(OCc4cccc(F)c4)nn23)cc1. The van der Waals surface area contributed by atoms with E-state index in [0.717, 1.165) is 22.6 Å². The Morgan fingerprint density at radius 3 is 2.64 bits per heavy atom. The molecule has 0 spiro atoms. The number of nitrogens with zero attached hydrogens (tertiary/aromatic N) is 3. The van der Waals surface area contributed by atoms with Crippen LogP contribution in [0.3, 0.4) is 0 Å². The van der Waals surface area contributed by atoms with Gasteiger partial charge in [0.25, 0.3) is 0 Å². The molecule has 2 aromatic carbocycles. The summed E-state index contributed by atoms with van der Waals surface area (Å²) in [5.41, 5.74) is 8.67. The summed E-state index contributed by atoms with van der Waals surface area (Å²) in [7, 11) is 0. The first-order valence-corrected chi connectivity index (χ1v) is 8.88. The highest BCUT2D eigenvalue weighted by atomic mass is 19.1. The Labute approximate surface area is 161 Å². The van der Waals surface area contributed by atoms with E-state index in [0.29, 0.717) is 24.7 Å². The Morgan fingerprint density at radius 1 is 1.00 bits per heavy atom. The smallest absolute Gasteiger partial charge is 0.232 e. The number of imidazole rings is 1. The average Bonchev–Trinajstić information content (AvgIpc) is 3.14. The standard InChI is InChI=1S/C21H19FN4O2/c22-17-3-1-2-15(12-17)14-28-21-9-8-20-24-13-19(26(20)25-21)16-4-6-18(7-5-16)27-11-10-23/h1-9,12-13H,10-11,14,23H2. The summed E-state index contributed by atoms with van der Waals surface area (Å²) in [5.74, 6) is 0.898. The molecule has 142 valence electrons. The third-order valence-corrected chi connectivity index (χ3v) is 4.15. The van der Waals surface area contributed by atoms with E-state index in [9.17, 15) is 4.39 Å². The van der Waals surface area contributed by atoms with Crippen molar-refractivity contribution in [3.63, 3.8) is 0 Å². The van der Waals surface area contributed by atoms with Gasteiger partial charge in [-0.15, -0.1) is 5.10 Å². The normalized spacial score (nSPS) is 10.9. The maximum absolute atomic E-state index is 13.3. The highest BCUT2D eigenvalue weighted by Crippen LogP contribution is 2.24. The zero-order chi connectivity index (χ0) is 19.3. The van der Waals surface area contributed by atoms with E-state index in [1.54, 1.807) is 28.9 Å². The highest BCUT2D eigenvalue weighted by molar-refractivity contribution is 5.63. The molecular formula is C21H19FN4O2. The van der Waals surface area contributed by atoms with Crippen molar-refractivity contribution in [1.29, 1.82) is 0 Å². The largest absolute Gasteiger partial charge is 0.492 e. The Kier molecular flexibility index (Phi) is 5.16. The molecule has 7 heteroatoms. The monoisotopic (exact) mass is 378 g/mol. The van der Waals surface area contributed by atoms with Crippen molar-refractivity contribution in [3.05, 3.63) is 78.2 Å². The summed E-state index contributed by atoms with van der Waals surface area (Å²) in [5, 5.41) is 4.51. The molecule has 0 aliphatic heterocycles. The minimum Gasteiger partial charge on any atom is -0.492 e. The lowest BCUT2D eigenvalue weighted by Crippen LogP contribution is -2.10.